The Morgan fingerprint density at radius 3 is 2.50 bits per heavy atom. The zero-order chi connectivity index (χ0) is 19.8. The largest absolute Gasteiger partial charge is 0.342 e. The number of carbonyl (C=O) groups is 1. The summed E-state index contributed by atoms with van der Waals surface area (Å²) < 4.78 is 0. The van der Waals surface area contributed by atoms with Gasteiger partial charge in [-0.05, 0) is 36.0 Å². The summed E-state index contributed by atoms with van der Waals surface area (Å²) >= 11 is 0. The number of amides is 1. The molecule has 1 amide bonds. The lowest BCUT2D eigenvalue weighted by Crippen LogP contribution is -2.42. The lowest BCUT2D eigenvalue weighted by atomic mass is 9.79. The summed E-state index contributed by atoms with van der Waals surface area (Å²) in [7, 11) is 0. The Morgan fingerprint density at radius 1 is 1.18 bits per heavy atom. The Bertz CT molecular complexity index is 986. The van der Waals surface area contributed by atoms with Crippen molar-refractivity contribution >= 4 is 17.7 Å². The summed E-state index contributed by atoms with van der Waals surface area (Å²) in [6.07, 6.45) is 4.31. The number of pyridine rings is 1. The smallest absolute Gasteiger partial charge is 0.258 e. The normalized spacial score (nSPS) is 26.9. The molecular formula is C20H22N6O2. The number of nitrogens with zero attached hydrogens (tertiary/aromatic N) is 4. The standard InChI is InChI=1S/C20H22N6O2/c1-11-7-12(2)10-26(9-11)20-24-17-16(19(28)25-20)15(13-3-5-22-6-4-13)14(8-21)18(27)23-17/h3-6,11-12,14-15H,7,9-10H2,1-2H3,(H2,23,24,25,27,28). The Hall–Kier alpha value is -3.21. The molecule has 0 bridgehead atoms. The maximum Gasteiger partial charge on any atom is 0.258 e. The van der Waals surface area contributed by atoms with Crippen molar-refractivity contribution in [2.45, 2.75) is 26.2 Å². The first-order chi connectivity index (χ1) is 13.5. The van der Waals surface area contributed by atoms with Crippen molar-refractivity contribution in [1.29, 1.82) is 5.26 Å². The summed E-state index contributed by atoms with van der Waals surface area (Å²) in [4.78, 5) is 39.1. The van der Waals surface area contributed by atoms with Crippen LogP contribution in [0.25, 0.3) is 0 Å². The second kappa shape index (κ2) is 7.08. The zero-order valence-electron chi connectivity index (χ0n) is 15.8. The minimum absolute atomic E-state index is 0.239. The lowest BCUT2D eigenvalue weighted by Gasteiger charge is -2.36. The van der Waals surface area contributed by atoms with Gasteiger partial charge in [0.05, 0.1) is 11.6 Å². The SMILES string of the molecule is CC1CC(C)CN(c2nc3c(c(=O)[nH]2)C(c2ccncc2)C(C#N)C(=O)N3)C1. The van der Waals surface area contributed by atoms with E-state index in [1.165, 1.54) is 0 Å². The number of aromatic nitrogens is 3. The van der Waals surface area contributed by atoms with Crippen molar-refractivity contribution in [2.75, 3.05) is 23.3 Å². The van der Waals surface area contributed by atoms with E-state index in [-0.39, 0.29) is 11.4 Å². The molecule has 1 saturated heterocycles. The molecule has 2 aromatic heterocycles. The molecule has 4 unspecified atom stereocenters. The molecule has 4 heterocycles. The van der Waals surface area contributed by atoms with Gasteiger partial charge in [0.2, 0.25) is 11.9 Å². The molecule has 0 radical (unpaired) electrons. The predicted octanol–water partition coefficient (Wildman–Crippen LogP) is 1.87. The third-order valence-corrected chi connectivity index (χ3v) is 5.48. The van der Waals surface area contributed by atoms with Gasteiger partial charge in [-0.3, -0.25) is 19.6 Å². The third kappa shape index (κ3) is 3.13. The van der Waals surface area contributed by atoms with Gasteiger partial charge < -0.3 is 10.2 Å². The van der Waals surface area contributed by atoms with Gasteiger partial charge in [-0.25, -0.2) is 0 Å². The molecule has 8 nitrogen and oxygen atoms in total. The Labute approximate surface area is 162 Å². The van der Waals surface area contributed by atoms with Crippen molar-refractivity contribution in [3.63, 3.8) is 0 Å². The molecule has 144 valence electrons. The van der Waals surface area contributed by atoms with Crippen molar-refractivity contribution < 1.29 is 4.79 Å². The molecule has 1 fully saturated rings. The number of hydrogen-bond donors (Lipinski definition) is 2. The summed E-state index contributed by atoms with van der Waals surface area (Å²) in [5.41, 5.74) is 0.685. The minimum Gasteiger partial charge on any atom is -0.342 e. The fraction of sp³-hybridized carbons (Fsp3) is 0.450. The van der Waals surface area contributed by atoms with Crippen LogP contribution in [0.15, 0.2) is 29.3 Å². The van der Waals surface area contributed by atoms with Crippen LogP contribution in [0.2, 0.25) is 0 Å². The van der Waals surface area contributed by atoms with Crippen LogP contribution in [-0.2, 0) is 4.79 Å². The van der Waals surface area contributed by atoms with Crippen LogP contribution in [0.5, 0.6) is 0 Å². The zero-order valence-corrected chi connectivity index (χ0v) is 15.8. The highest BCUT2D eigenvalue weighted by atomic mass is 16.2. The Kier molecular flexibility index (Phi) is 4.59. The number of hydrogen-bond acceptors (Lipinski definition) is 6. The van der Waals surface area contributed by atoms with E-state index < -0.39 is 17.7 Å². The van der Waals surface area contributed by atoms with Gasteiger partial charge in [-0.2, -0.15) is 10.2 Å². The number of nitrogens with one attached hydrogen (secondary N) is 2. The van der Waals surface area contributed by atoms with Gasteiger partial charge in [0.25, 0.3) is 5.56 Å². The van der Waals surface area contributed by atoms with Gasteiger partial charge in [0.1, 0.15) is 11.7 Å². The van der Waals surface area contributed by atoms with E-state index in [0.29, 0.717) is 28.9 Å². The molecule has 28 heavy (non-hydrogen) atoms. The summed E-state index contributed by atoms with van der Waals surface area (Å²) in [6.45, 7) is 5.96. The molecular weight excluding hydrogens is 356 g/mol. The molecule has 2 aliphatic heterocycles. The van der Waals surface area contributed by atoms with Crippen LogP contribution >= 0.6 is 0 Å². The first kappa shape index (κ1) is 18.2. The molecule has 0 saturated carbocycles. The van der Waals surface area contributed by atoms with E-state index in [1.807, 2.05) is 6.07 Å². The Morgan fingerprint density at radius 2 is 1.86 bits per heavy atom. The number of carbonyl (C=O) groups excluding carboxylic acids is 1. The number of fused-ring (bicyclic) bond motifs is 1. The van der Waals surface area contributed by atoms with E-state index in [1.54, 1.807) is 24.5 Å². The number of nitriles is 1. The molecule has 0 aromatic carbocycles. The molecule has 8 heteroatoms. The second-order valence-corrected chi connectivity index (χ2v) is 7.86. The van der Waals surface area contributed by atoms with Gasteiger partial charge >= 0.3 is 0 Å². The van der Waals surface area contributed by atoms with Crippen LogP contribution in [-0.4, -0.2) is 33.9 Å². The van der Waals surface area contributed by atoms with Crippen molar-refractivity contribution in [3.05, 3.63) is 46.0 Å². The van der Waals surface area contributed by atoms with E-state index in [2.05, 4.69) is 39.0 Å². The minimum atomic E-state index is -1.00. The maximum absolute atomic E-state index is 13.0. The Balaban J connectivity index is 1.81. The highest BCUT2D eigenvalue weighted by molar-refractivity contribution is 5.97. The fourth-order valence-electron chi connectivity index (χ4n) is 4.42. The number of aromatic amines is 1. The molecule has 2 aromatic rings. The van der Waals surface area contributed by atoms with Crippen LogP contribution in [0, 0.1) is 29.1 Å². The first-order valence-electron chi connectivity index (χ1n) is 9.47. The van der Waals surface area contributed by atoms with Gasteiger partial charge in [-0.1, -0.05) is 13.8 Å². The summed E-state index contributed by atoms with van der Waals surface area (Å²) in [6, 6.07) is 5.48. The maximum atomic E-state index is 13.0. The third-order valence-electron chi connectivity index (χ3n) is 5.48. The van der Waals surface area contributed by atoms with Crippen molar-refractivity contribution in [3.8, 4) is 6.07 Å². The topological polar surface area (TPSA) is 115 Å². The van der Waals surface area contributed by atoms with E-state index >= 15 is 0 Å². The van der Waals surface area contributed by atoms with Gasteiger partial charge in [-0.15, -0.1) is 0 Å². The predicted molar refractivity (Wildman–Crippen MR) is 104 cm³/mol. The number of H-pyrrole nitrogens is 1. The number of anilines is 2. The molecule has 2 aliphatic rings. The molecule has 0 spiro atoms. The highest BCUT2D eigenvalue weighted by Gasteiger charge is 2.40. The summed E-state index contributed by atoms with van der Waals surface area (Å²) in [5, 5.41) is 12.2. The van der Waals surface area contributed by atoms with Crippen LogP contribution in [0.3, 0.4) is 0 Å². The van der Waals surface area contributed by atoms with Crippen molar-refractivity contribution in [2.24, 2.45) is 17.8 Å². The average Bonchev–Trinajstić information content (AvgIpc) is 2.66. The fourth-order valence-corrected chi connectivity index (χ4v) is 4.42. The van der Waals surface area contributed by atoms with E-state index in [4.69, 9.17) is 0 Å². The number of piperidine rings is 1. The quantitative estimate of drug-likeness (QED) is 0.824. The molecule has 2 N–H and O–H groups in total. The average molecular weight is 378 g/mol. The number of rotatable bonds is 2. The first-order valence-corrected chi connectivity index (χ1v) is 9.47. The van der Waals surface area contributed by atoms with Gasteiger partial charge in [0.15, 0.2) is 0 Å². The second-order valence-electron chi connectivity index (χ2n) is 7.86. The van der Waals surface area contributed by atoms with Crippen LogP contribution in [0.4, 0.5) is 11.8 Å². The van der Waals surface area contributed by atoms with Crippen LogP contribution < -0.4 is 15.8 Å². The highest BCUT2D eigenvalue weighted by Crippen LogP contribution is 2.38. The van der Waals surface area contributed by atoms with E-state index in [9.17, 15) is 14.9 Å². The molecule has 4 rings (SSSR count). The summed E-state index contributed by atoms with van der Waals surface area (Å²) in [5.74, 6) is -0.435. The van der Waals surface area contributed by atoms with Crippen molar-refractivity contribution in [1.82, 2.24) is 15.0 Å². The van der Waals surface area contributed by atoms with Crippen LogP contribution in [0.1, 0.15) is 37.3 Å². The monoisotopic (exact) mass is 378 g/mol. The molecule has 4 atom stereocenters. The lowest BCUT2D eigenvalue weighted by molar-refractivity contribution is -0.119. The van der Waals surface area contributed by atoms with E-state index in [0.717, 1.165) is 19.5 Å². The van der Waals surface area contributed by atoms with Gasteiger partial charge in [0, 0.05) is 31.4 Å². The molecule has 0 aliphatic carbocycles.